The number of phenols is 1. The zero-order valence-electron chi connectivity index (χ0n) is 17.8. The average molecular weight is 399 g/mol. The molecule has 4 rings (SSSR count). The van der Waals surface area contributed by atoms with Gasteiger partial charge >= 0.3 is 0 Å². The molecule has 0 amide bonds. The Morgan fingerprint density at radius 2 is 1.47 bits per heavy atom. The molecule has 1 aliphatic rings. The van der Waals surface area contributed by atoms with Crippen LogP contribution in [0.5, 0.6) is 11.5 Å². The monoisotopic (exact) mass is 398 g/mol. The SMILES string of the molecule is COc1ccc(O)c(C2=Nc3ccccc3N=C(c3ccc(C(C)(C)C)cc3)C2)c1. The number of aromatic hydroxyl groups is 1. The van der Waals surface area contributed by atoms with Gasteiger partial charge in [0.25, 0.3) is 0 Å². The van der Waals surface area contributed by atoms with Crippen molar-refractivity contribution in [3.05, 3.63) is 83.4 Å². The number of fused-ring (bicyclic) bond motifs is 1. The molecule has 30 heavy (non-hydrogen) atoms. The van der Waals surface area contributed by atoms with Crippen LogP contribution in [0, 0.1) is 0 Å². The summed E-state index contributed by atoms with van der Waals surface area (Å²) in [6.07, 6.45) is 0.504. The Labute approximate surface area is 177 Å². The Morgan fingerprint density at radius 3 is 2.07 bits per heavy atom. The number of nitrogens with zero attached hydrogens (tertiary/aromatic N) is 2. The topological polar surface area (TPSA) is 54.2 Å². The van der Waals surface area contributed by atoms with Gasteiger partial charge in [0.15, 0.2) is 0 Å². The standard InChI is InChI=1S/C26H26N2O2/c1-26(2,3)18-11-9-17(10-12-18)23-16-24(20-15-19(30-4)13-14-25(20)29)28-22-8-6-5-7-21(22)27-23/h5-15,29H,16H2,1-4H3. The minimum Gasteiger partial charge on any atom is -0.507 e. The van der Waals surface area contributed by atoms with Gasteiger partial charge in [-0.15, -0.1) is 0 Å². The number of hydrogen-bond acceptors (Lipinski definition) is 4. The van der Waals surface area contributed by atoms with Crippen LogP contribution in [0.25, 0.3) is 0 Å². The first kappa shape index (κ1) is 19.9. The third-order valence-corrected chi connectivity index (χ3v) is 5.33. The molecule has 3 aromatic rings. The van der Waals surface area contributed by atoms with Crippen molar-refractivity contribution in [3.8, 4) is 11.5 Å². The smallest absolute Gasteiger partial charge is 0.124 e. The lowest BCUT2D eigenvalue weighted by Gasteiger charge is -2.19. The molecule has 4 nitrogen and oxygen atoms in total. The maximum Gasteiger partial charge on any atom is 0.124 e. The van der Waals surface area contributed by atoms with E-state index in [0.717, 1.165) is 28.4 Å². The minimum absolute atomic E-state index is 0.0927. The summed E-state index contributed by atoms with van der Waals surface area (Å²) in [5, 5.41) is 10.5. The van der Waals surface area contributed by atoms with Crippen LogP contribution in [0.15, 0.2) is 76.7 Å². The van der Waals surface area contributed by atoms with E-state index in [9.17, 15) is 5.11 Å². The van der Waals surface area contributed by atoms with Crippen molar-refractivity contribution in [1.82, 2.24) is 0 Å². The number of ether oxygens (including phenoxy) is 1. The van der Waals surface area contributed by atoms with Crippen molar-refractivity contribution in [2.24, 2.45) is 9.98 Å². The van der Waals surface area contributed by atoms with Gasteiger partial charge in [-0.05, 0) is 46.9 Å². The highest BCUT2D eigenvalue weighted by Gasteiger charge is 2.20. The van der Waals surface area contributed by atoms with Crippen LogP contribution in [0.1, 0.15) is 43.9 Å². The highest BCUT2D eigenvalue weighted by Crippen LogP contribution is 2.35. The van der Waals surface area contributed by atoms with E-state index in [1.54, 1.807) is 19.2 Å². The summed E-state index contributed by atoms with van der Waals surface area (Å²) in [6, 6.07) is 21.6. The van der Waals surface area contributed by atoms with E-state index in [1.807, 2.05) is 30.3 Å². The zero-order valence-corrected chi connectivity index (χ0v) is 17.8. The molecule has 3 aromatic carbocycles. The predicted molar refractivity (Wildman–Crippen MR) is 123 cm³/mol. The fraction of sp³-hybridized carbons (Fsp3) is 0.231. The van der Waals surface area contributed by atoms with Crippen molar-refractivity contribution in [2.75, 3.05) is 7.11 Å². The molecule has 0 radical (unpaired) electrons. The van der Waals surface area contributed by atoms with Gasteiger partial charge in [0, 0.05) is 12.0 Å². The maximum absolute atomic E-state index is 10.5. The average Bonchev–Trinajstić information content (AvgIpc) is 2.93. The van der Waals surface area contributed by atoms with Gasteiger partial charge in [-0.3, -0.25) is 9.98 Å². The fourth-order valence-corrected chi connectivity index (χ4v) is 3.54. The number of benzene rings is 3. The van der Waals surface area contributed by atoms with E-state index in [0.29, 0.717) is 17.7 Å². The third kappa shape index (κ3) is 3.99. The van der Waals surface area contributed by atoms with Crippen LogP contribution in [0.3, 0.4) is 0 Å². The van der Waals surface area contributed by atoms with E-state index >= 15 is 0 Å². The lowest BCUT2D eigenvalue weighted by molar-refractivity contribution is 0.412. The van der Waals surface area contributed by atoms with Gasteiger partial charge < -0.3 is 9.84 Å². The van der Waals surface area contributed by atoms with Crippen LogP contribution in [-0.2, 0) is 5.41 Å². The number of aliphatic imine (C=N–C) groups is 2. The van der Waals surface area contributed by atoms with Crippen molar-refractivity contribution >= 4 is 22.8 Å². The van der Waals surface area contributed by atoms with Gasteiger partial charge in [0.05, 0.1) is 29.9 Å². The van der Waals surface area contributed by atoms with Crippen LogP contribution >= 0.6 is 0 Å². The van der Waals surface area contributed by atoms with Gasteiger partial charge in [-0.25, -0.2) is 0 Å². The van der Waals surface area contributed by atoms with Crippen molar-refractivity contribution in [1.29, 1.82) is 0 Å². The Balaban J connectivity index is 1.82. The van der Waals surface area contributed by atoms with Gasteiger partial charge in [0.1, 0.15) is 11.5 Å². The number of rotatable bonds is 3. The molecule has 1 aliphatic heterocycles. The highest BCUT2D eigenvalue weighted by atomic mass is 16.5. The summed E-state index contributed by atoms with van der Waals surface area (Å²) in [7, 11) is 1.62. The molecule has 0 aromatic heterocycles. The number of hydrogen-bond donors (Lipinski definition) is 1. The molecule has 152 valence electrons. The van der Waals surface area contributed by atoms with Crippen molar-refractivity contribution < 1.29 is 9.84 Å². The molecular weight excluding hydrogens is 372 g/mol. The van der Waals surface area contributed by atoms with Crippen LogP contribution < -0.4 is 4.74 Å². The maximum atomic E-state index is 10.5. The Morgan fingerprint density at radius 1 is 0.833 bits per heavy atom. The second kappa shape index (κ2) is 7.79. The summed E-state index contributed by atoms with van der Waals surface area (Å²) in [5.41, 5.74) is 6.37. The van der Waals surface area contributed by atoms with E-state index < -0.39 is 0 Å². The Bertz CT molecular complexity index is 1140. The van der Waals surface area contributed by atoms with Crippen LogP contribution in [0.2, 0.25) is 0 Å². The quantitative estimate of drug-likeness (QED) is 0.559. The number of methoxy groups -OCH3 is 1. The zero-order chi connectivity index (χ0) is 21.3. The molecule has 0 bridgehead atoms. The van der Waals surface area contributed by atoms with Crippen LogP contribution in [0.4, 0.5) is 11.4 Å². The predicted octanol–water partition coefficient (Wildman–Crippen LogP) is 6.34. The molecular formula is C26H26N2O2. The molecule has 0 fully saturated rings. The third-order valence-electron chi connectivity index (χ3n) is 5.33. The molecule has 0 spiro atoms. The first-order valence-corrected chi connectivity index (χ1v) is 10.1. The second-order valence-electron chi connectivity index (χ2n) is 8.49. The molecule has 0 saturated carbocycles. The van der Waals surface area contributed by atoms with Crippen LogP contribution in [-0.4, -0.2) is 23.6 Å². The summed E-state index contributed by atoms with van der Waals surface area (Å²) < 4.78 is 5.36. The highest BCUT2D eigenvalue weighted by molar-refractivity contribution is 6.21. The molecule has 0 saturated heterocycles. The summed E-state index contributed by atoms with van der Waals surface area (Å²) in [6.45, 7) is 6.62. The summed E-state index contributed by atoms with van der Waals surface area (Å²) in [4.78, 5) is 9.80. The van der Waals surface area contributed by atoms with E-state index in [-0.39, 0.29) is 11.2 Å². The van der Waals surface area contributed by atoms with E-state index in [1.165, 1.54) is 5.56 Å². The Kier molecular flexibility index (Phi) is 5.17. The molecule has 1 N–H and O–H groups in total. The first-order chi connectivity index (χ1) is 14.3. The lowest BCUT2D eigenvalue weighted by Crippen LogP contribution is -2.13. The summed E-state index contributed by atoms with van der Waals surface area (Å²) in [5.74, 6) is 0.854. The molecule has 0 atom stereocenters. The molecule has 1 heterocycles. The van der Waals surface area contributed by atoms with E-state index in [2.05, 4.69) is 45.0 Å². The van der Waals surface area contributed by atoms with Crippen molar-refractivity contribution in [2.45, 2.75) is 32.6 Å². The second-order valence-corrected chi connectivity index (χ2v) is 8.49. The first-order valence-electron chi connectivity index (χ1n) is 10.1. The molecule has 4 heteroatoms. The lowest BCUT2D eigenvalue weighted by atomic mass is 9.86. The largest absolute Gasteiger partial charge is 0.507 e. The normalized spacial score (nSPS) is 13.7. The van der Waals surface area contributed by atoms with Gasteiger partial charge in [-0.1, -0.05) is 57.2 Å². The fourth-order valence-electron chi connectivity index (χ4n) is 3.54. The van der Waals surface area contributed by atoms with Crippen molar-refractivity contribution in [3.63, 3.8) is 0 Å². The molecule has 0 unspecified atom stereocenters. The number of phenolic OH excluding ortho intramolecular Hbond substituents is 1. The molecule has 0 aliphatic carbocycles. The summed E-state index contributed by atoms with van der Waals surface area (Å²) >= 11 is 0. The number of para-hydroxylation sites is 2. The Hall–Kier alpha value is -3.40. The minimum atomic E-state index is 0.0927. The van der Waals surface area contributed by atoms with E-state index in [4.69, 9.17) is 14.7 Å². The van der Waals surface area contributed by atoms with Gasteiger partial charge in [-0.2, -0.15) is 0 Å². The van der Waals surface area contributed by atoms with Gasteiger partial charge in [0.2, 0.25) is 0 Å².